The van der Waals surface area contributed by atoms with Crippen molar-refractivity contribution >= 4 is 22.4 Å². The molecule has 1 aromatic rings. The molecule has 2 rings (SSSR count). The van der Waals surface area contributed by atoms with Gasteiger partial charge in [0.15, 0.2) is 5.03 Å². The van der Waals surface area contributed by atoms with Gasteiger partial charge in [0.25, 0.3) is 0 Å². The summed E-state index contributed by atoms with van der Waals surface area (Å²) in [4.78, 5) is 15.3. The van der Waals surface area contributed by atoms with Crippen molar-refractivity contribution in [3.05, 3.63) is 17.8 Å². The molecule has 1 atom stereocenters. The van der Waals surface area contributed by atoms with Crippen LogP contribution in [0.5, 0.6) is 0 Å². The number of nitrogens with zero attached hydrogens (tertiary/aromatic N) is 1. The fraction of sp³-hybridized carbons (Fsp3) is 0.333. The van der Waals surface area contributed by atoms with Gasteiger partial charge >= 0.3 is 0 Å². The van der Waals surface area contributed by atoms with Crippen LogP contribution in [0.3, 0.4) is 0 Å². The predicted octanol–water partition coefficient (Wildman–Crippen LogP) is 0.840. The summed E-state index contributed by atoms with van der Waals surface area (Å²) in [6.45, 7) is 1.88. The van der Waals surface area contributed by atoms with Gasteiger partial charge in [-0.3, -0.25) is 9.00 Å². The van der Waals surface area contributed by atoms with Crippen LogP contribution in [0.15, 0.2) is 17.3 Å². The molecule has 1 aromatic heterocycles. The van der Waals surface area contributed by atoms with E-state index in [9.17, 15) is 9.00 Å². The number of hydrogen-bond donors (Lipinski definition) is 1. The number of aromatic nitrogens is 1. The van der Waals surface area contributed by atoms with Crippen molar-refractivity contribution in [1.82, 2.24) is 4.98 Å². The van der Waals surface area contributed by atoms with Gasteiger partial charge in [-0.05, 0) is 18.6 Å². The number of anilines is 1. The highest BCUT2D eigenvalue weighted by molar-refractivity contribution is 7.85. The predicted molar refractivity (Wildman–Crippen MR) is 53.5 cm³/mol. The van der Waals surface area contributed by atoms with E-state index in [1.165, 1.54) is 0 Å². The van der Waals surface area contributed by atoms with Crippen molar-refractivity contribution in [2.24, 2.45) is 0 Å². The smallest absolute Gasteiger partial charge is 0.225 e. The molecule has 5 heteroatoms. The van der Waals surface area contributed by atoms with E-state index >= 15 is 0 Å². The van der Waals surface area contributed by atoms with Gasteiger partial charge in [-0.25, -0.2) is 4.98 Å². The third-order valence-corrected chi connectivity index (χ3v) is 3.32. The molecule has 0 bridgehead atoms. The second kappa shape index (κ2) is 3.49. The molecular formula is C9H10N2O2S. The number of amides is 1. The fourth-order valence-electron chi connectivity index (χ4n) is 1.32. The van der Waals surface area contributed by atoms with E-state index in [4.69, 9.17) is 0 Å². The van der Waals surface area contributed by atoms with E-state index in [2.05, 4.69) is 10.3 Å². The quantitative estimate of drug-likeness (QED) is 0.690. The Morgan fingerprint density at radius 3 is 3.14 bits per heavy atom. The Balaban J connectivity index is 2.52. The zero-order valence-electron chi connectivity index (χ0n) is 7.74. The third kappa shape index (κ3) is 1.68. The van der Waals surface area contributed by atoms with Gasteiger partial charge < -0.3 is 5.32 Å². The maximum absolute atomic E-state index is 11.6. The van der Waals surface area contributed by atoms with Crippen LogP contribution >= 0.6 is 0 Å². The monoisotopic (exact) mass is 210 g/mol. The molecule has 0 aliphatic carbocycles. The van der Waals surface area contributed by atoms with Crippen LogP contribution in [-0.2, 0) is 15.6 Å². The lowest BCUT2D eigenvalue weighted by Gasteiger charge is -2.04. The van der Waals surface area contributed by atoms with Gasteiger partial charge in [-0.15, -0.1) is 0 Å². The lowest BCUT2D eigenvalue weighted by Crippen LogP contribution is -2.10. The highest BCUT2D eigenvalue weighted by Crippen LogP contribution is 2.21. The van der Waals surface area contributed by atoms with Crippen LogP contribution in [0.1, 0.15) is 12.0 Å². The average Bonchev–Trinajstić information content (AvgIpc) is 2.26. The first-order chi connectivity index (χ1) is 6.66. The molecule has 0 radical (unpaired) electrons. The minimum Gasteiger partial charge on any atom is -0.324 e. The third-order valence-electron chi connectivity index (χ3n) is 1.99. The Hall–Kier alpha value is -1.23. The molecular weight excluding hydrogens is 200 g/mol. The molecule has 0 aromatic carbocycles. The number of aryl methyl sites for hydroxylation is 1. The molecule has 2 heterocycles. The van der Waals surface area contributed by atoms with Gasteiger partial charge in [0.2, 0.25) is 5.91 Å². The first kappa shape index (κ1) is 9.33. The van der Waals surface area contributed by atoms with E-state index in [1.807, 2.05) is 6.92 Å². The maximum atomic E-state index is 11.6. The summed E-state index contributed by atoms with van der Waals surface area (Å²) >= 11 is 0. The Kier molecular flexibility index (Phi) is 2.33. The minimum absolute atomic E-state index is 0.0931. The summed E-state index contributed by atoms with van der Waals surface area (Å²) in [5.41, 5.74) is 1.54. The van der Waals surface area contributed by atoms with Crippen LogP contribution in [0.25, 0.3) is 0 Å². The first-order valence-corrected chi connectivity index (χ1v) is 5.63. The van der Waals surface area contributed by atoms with Gasteiger partial charge in [0, 0.05) is 18.4 Å². The van der Waals surface area contributed by atoms with Gasteiger partial charge in [0.05, 0.1) is 16.5 Å². The number of rotatable bonds is 0. The van der Waals surface area contributed by atoms with Crippen LogP contribution in [0.4, 0.5) is 5.69 Å². The van der Waals surface area contributed by atoms with Crippen LogP contribution in [0.2, 0.25) is 0 Å². The van der Waals surface area contributed by atoms with E-state index in [1.54, 1.807) is 12.3 Å². The molecule has 1 aliphatic heterocycles. The van der Waals surface area contributed by atoms with Crippen molar-refractivity contribution in [2.75, 3.05) is 11.1 Å². The van der Waals surface area contributed by atoms with Crippen molar-refractivity contribution < 1.29 is 9.00 Å². The van der Waals surface area contributed by atoms with E-state index in [0.29, 0.717) is 22.9 Å². The number of nitrogens with one attached hydrogen (secondary N) is 1. The molecule has 1 N–H and O–H groups in total. The van der Waals surface area contributed by atoms with E-state index in [-0.39, 0.29) is 5.91 Å². The van der Waals surface area contributed by atoms with Gasteiger partial charge in [0.1, 0.15) is 0 Å². The molecule has 14 heavy (non-hydrogen) atoms. The highest BCUT2D eigenvalue weighted by atomic mass is 32.2. The average molecular weight is 210 g/mol. The topological polar surface area (TPSA) is 59.1 Å². The molecule has 0 fully saturated rings. The normalized spacial score (nSPS) is 20.9. The Labute approximate surface area is 84.2 Å². The Morgan fingerprint density at radius 1 is 1.57 bits per heavy atom. The summed E-state index contributed by atoms with van der Waals surface area (Å²) < 4.78 is 11.6. The Morgan fingerprint density at radius 2 is 2.36 bits per heavy atom. The molecule has 4 nitrogen and oxygen atoms in total. The summed E-state index contributed by atoms with van der Waals surface area (Å²) in [6.07, 6.45) is 1.95. The maximum Gasteiger partial charge on any atom is 0.225 e. The van der Waals surface area contributed by atoms with Crippen molar-refractivity contribution in [1.29, 1.82) is 0 Å². The first-order valence-electron chi connectivity index (χ1n) is 4.31. The van der Waals surface area contributed by atoms with E-state index in [0.717, 1.165) is 5.56 Å². The molecule has 1 unspecified atom stereocenters. The molecule has 74 valence electrons. The van der Waals surface area contributed by atoms with Crippen molar-refractivity contribution in [3.8, 4) is 0 Å². The number of carbonyl (C=O) groups excluding carboxylic acids is 1. The Bertz CT molecular complexity index is 417. The number of pyridine rings is 1. The lowest BCUT2D eigenvalue weighted by molar-refractivity contribution is -0.115. The summed E-state index contributed by atoms with van der Waals surface area (Å²) in [7, 11) is -1.16. The minimum atomic E-state index is -1.16. The molecule has 1 amide bonds. The lowest BCUT2D eigenvalue weighted by atomic mass is 10.3. The zero-order valence-corrected chi connectivity index (χ0v) is 8.56. The van der Waals surface area contributed by atoms with Crippen LogP contribution < -0.4 is 5.32 Å². The van der Waals surface area contributed by atoms with Crippen LogP contribution in [0, 0.1) is 6.92 Å². The van der Waals surface area contributed by atoms with E-state index < -0.39 is 10.8 Å². The van der Waals surface area contributed by atoms with Crippen molar-refractivity contribution in [3.63, 3.8) is 0 Å². The summed E-state index contributed by atoms with van der Waals surface area (Å²) in [5, 5.41) is 3.19. The van der Waals surface area contributed by atoms with Crippen LogP contribution in [-0.4, -0.2) is 20.9 Å². The van der Waals surface area contributed by atoms with Gasteiger partial charge in [-0.1, -0.05) is 0 Å². The van der Waals surface area contributed by atoms with Gasteiger partial charge in [-0.2, -0.15) is 0 Å². The SMILES string of the molecule is Cc1cnc2c(c1)NC(=O)CCS2=O. The molecule has 1 aliphatic rings. The zero-order chi connectivity index (χ0) is 10.1. The number of fused-ring (bicyclic) bond motifs is 1. The highest BCUT2D eigenvalue weighted by Gasteiger charge is 2.19. The number of carbonyl (C=O) groups is 1. The summed E-state index contributed by atoms with van der Waals surface area (Å²) in [6, 6.07) is 1.80. The fourth-order valence-corrected chi connectivity index (χ4v) is 2.41. The largest absolute Gasteiger partial charge is 0.324 e. The number of hydrogen-bond acceptors (Lipinski definition) is 3. The second-order valence-electron chi connectivity index (χ2n) is 3.21. The van der Waals surface area contributed by atoms with Crippen molar-refractivity contribution in [2.45, 2.75) is 18.4 Å². The standard InChI is InChI=1S/C9H10N2O2S/c1-6-4-7-9(10-5-6)14(13)3-2-8(12)11-7/h4-5H,2-3H2,1H3,(H,11,12). The molecule has 0 saturated carbocycles. The molecule has 0 spiro atoms. The summed E-state index contributed by atoms with van der Waals surface area (Å²) in [5.74, 6) is 0.263. The molecule has 0 saturated heterocycles. The second-order valence-corrected chi connectivity index (χ2v) is 4.70.